The van der Waals surface area contributed by atoms with Gasteiger partial charge >= 0.3 is 5.97 Å². The zero-order valence-corrected chi connectivity index (χ0v) is 9.38. The number of likely N-dealkylation sites (N-methyl/N-ethyl adjacent to an activating group) is 1. The Kier molecular flexibility index (Phi) is 2.53. The number of nitrogens with zero attached hydrogens (tertiary/aromatic N) is 1. The average Bonchev–Trinajstić information content (AvgIpc) is 2.56. The van der Waals surface area contributed by atoms with Crippen LogP contribution in [0.1, 0.15) is 12.0 Å². The number of carbonyl (C=O) groups excluding carboxylic acids is 1. The first-order chi connectivity index (χ1) is 7.95. The molecule has 2 N–H and O–H groups in total. The number of aliphatic carboxylic acids is 1. The van der Waals surface area contributed by atoms with Crippen molar-refractivity contribution in [1.82, 2.24) is 4.90 Å². The molecule has 1 saturated heterocycles. The Morgan fingerprint density at radius 1 is 1.47 bits per heavy atom. The summed E-state index contributed by atoms with van der Waals surface area (Å²) in [6.07, 6.45) is -0.0672. The van der Waals surface area contributed by atoms with Gasteiger partial charge in [0.1, 0.15) is 11.2 Å². The van der Waals surface area contributed by atoms with Crippen LogP contribution in [0.3, 0.4) is 0 Å². The monoisotopic (exact) mass is 235 g/mol. The van der Waals surface area contributed by atoms with Crippen LogP contribution in [0, 0.1) is 0 Å². The van der Waals surface area contributed by atoms with Gasteiger partial charge in [-0.05, 0) is 17.7 Å². The highest BCUT2D eigenvalue weighted by molar-refractivity contribution is 5.93. The second-order valence-corrected chi connectivity index (χ2v) is 4.36. The molecule has 90 valence electrons. The van der Waals surface area contributed by atoms with Crippen LogP contribution in [0.25, 0.3) is 0 Å². The second-order valence-electron chi connectivity index (χ2n) is 4.36. The van der Waals surface area contributed by atoms with Gasteiger partial charge in [-0.15, -0.1) is 0 Å². The summed E-state index contributed by atoms with van der Waals surface area (Å²) in [5.41, 5.74) is -0.785. The van der Waals surface area contributed by atoms with Crippen molar-refractivity contribution in [3.05, 3.63) is 29.8 Å². The molecule has 1 heterocycles. The predicted octanol–water partition coefficient (Wildman–Crippen LogP) is 0.577. The molecule has 1 unspecified atom stereocenters. The molecule has 5 nitrogen and oxygen atoms in total. The molecule has 5 heteroatoms. The first-order valence-corrected chi connectivity index (χ1v) is 5.22. The Hall–Kier alpha value is -2.04. The molecular formula is C12H13NO4. The number of carboxylic acid groups (broad SMARTS) is 1. The van der Waals surface area contributed by atoms with Gasteiger partial charge in [0.25, 0.3) is 0 Å². The summed E-state index contributed by atoms with van der Waals surface area (Å²) in [6, 6.07) is 6.08. The van der Waals surface area contributed by atoms with Gasteiger partial charge in [-0.2, -0.15) is 0 Å². The molecule has 2 rings (SSSR count). The lowest BCUT2D eigenvalue weighted by molar-refractivity contribution is -0.143. The zero-order valence-electron chi connectivity index (χ0n) is 9.38. The van der Waals surface area contributed by atoms with E-state index in [4.69, 9.17) is 0 Å². The molecule has 1 aliphatic heterocycles. The fourth-order valence-corrected chi connectivity index (χ4v) is 2.21. The van der Waals surface area contributed by atoms with Crippen LogP contribution in [0.2, 0.25) is 0 Å². The smallest absolute Gasteiger partial charge is 0.316 e. The third-order valence-electron chi connectivity index (χ3n) is 3.19. The van der Waals surface area contributed by atoms with Gasteiger partial charge in [-0.1, -0.05) is 12.1 Å². The maximum Gasteiger partial charge on any atom is 0.316 e. The third kappa shape index (κ3) is 1.73. The fraction of sp³-hybridized carbons (Fsp3) is 0.333. The molecule has 0 aliphatic carbocycles. The number of likely N-dealkylation sites (tertiary alicyclic amines) is 1. The van der Waals surface area contributed by atoms with Crippen LogP contribution in [0.5, 0.6) is 5.75 Å². The normalized spacial score (nSPS) is 24.1. The average molecular weight is 235 g/mol. The van der Waals surface area contributed by atoms with Gasteiger partial charge in [0.2, 0.25) is 5.91 Å². The SMILES string of the molecule is CN1CC(C(=O)O)(c2cccc(O)c2)CC1=O. The topological polar surface area (TPSA) is 77.8 Å². The van der Waals surface area contributed by atoms with Crippen LogP contribution < -0.4 is 0 Å². The molecule has 0 spiro atoms. The van der Waals surface area contributed by atoms with E-state index in [2.05, 4.69) is 0 Å². The van der Waals surface area contributed by atoms with Gasteiger partial charge in [0.05, 0.1) is 0 Å². The Morgan fingerprint density at radius 2 is 2.18 bits per heavy atom. The molecule has 1 aliphatic rings. The van der Waals surface area contributed by atoms with Crippen molar-refractivity contribution in [2.24, 2.45) is 0 Å². The van der Waals surface area contributed by atoms with E-state index in [0.717, 1.165) is 0 Å². The lowest BCUT2D eigenvalue weighted by Crippen LogP contribution is -2.38. The van der Waals surface area contributed by atoms with Crippen LogP contribution in [-0.4, -0.2) is 40.6 Å². The molecule has 1 amide bonds. The summed E-state index contributed by atoms with van der Waals surface area (Å²) in [6.45, 7) is 0.130. The number of carbonyl (C=O) groups is 2. The van der Waals surface area contributed by atoms with E-state index in [0.29, 0.717) is 5.56 Å². The minimum atomic E-state index is -1.25. The molecular weight excluding hydrogens is 222 g/mol. The summed E-state index contributed by atoms with van der Waals surface area (Å²) in [5, 5.41) is 18.8. The quantitative estimate of drug-likeness (QED) is 0.785. The van der Waals surface area contributed by atoms with E-state index in [9.17, 15) is 19.8 Å². The maximum absolute atomic E-state index is 11.6. The van der Waals surface area contributed by atoms with Crippen molar-refractivity contribution in [1.29, 1.82) is 0 Å². The van der Waals surface area contributed by atoms with Crippen LogP contribution in [0.4, 0.5) is 0 Å². The summed E-state index contributed by atoms with van der Waals surface area (Å²) in [7, 11) is 1.58. The van der Waals surface area contributed by atoms with Crippen LogP contribution in [-0.2, 0) is 15.0 Å². The summed E-state index contributed by atoms with van der Waals surface area (Å²) < 4.78 is 0. The Morgan fingerprint density at radius 3 is 2.65 bits per heavy atom. The number of amides is 1. The first kappa shape index (κ1) is 11.4. The van der Waals surface area contributed by atoms with Crippen LogP contribution >= 0.6 is 0 Å². The largest absolute Gasteiger partial charge is 0.508 e. The fourth-order valence-electron chi connectivity index (χ4n) is 2.21. The lowest BCUT2D eigenvalue weighted by atomic mass is 9.79. The van der Waals surface area contributed by atoms with E-state index in [-0.39, 0.29) is 24.6 Å². The van der Waals surface area contributed by atoms with E-state index in [1.54, 1.807) is 19.2 Å². The zero-order chi connectivity index (χ0) is 12.6. The number of carboxylic acids is 1. The van der Waals surface area contributed by atoms with E-state index in [1.807, 2.05) is 0 Å². The first-order valence-electron chi connectivity index (χ1n) is 5.22. The summed E-state index contributed by atoms with van der Waals surface area (Å²) in [5.74, 6) is -1.23. The Bertz CT molecular complexity index is 485. The van der Waals surface area contributed by atoms with Gasteiger partial charge in [-0.3, -0.25) is 9.59 Å². The maximum atomic E-state index is 11.6. The highest BCUT2D eigenvalue weighted by Gasteiger charge is 2.49. The Balaban J connectivity index is 2.50. The van der Waals surface area contributed by atoms with Crippen molar-refractivity contribution in [3.8, 4) is 5.75 Å². The summed E-state index contributed by atoms with van der Waals surface area (Å²) in [4.78, 5) is 24.4. The van der Waals surface area contributed by atoms with Gasteiger partial charge in [0.15, 0.2) is 0 Å². The molecule has 0 saturated carbocycles. The van der Waals surface area contributed by atoms with Gasteiger partial charge < -0.3 is 15.1 Å². The minimum absolute atomic E-state index is 0.00475. The third-order valence-corrected chi connectivity index (χ3v) is 3.19. The number of rotatable bonds is 2. The number of hydrogen-bond acceptors (Lipinski definition) is 3. The highest BCUT2D eigenvalue weighted by atomic mass is 16.4. The Labute approximate surface area is 98.3 Å². The van der Waals surface area contributed by atoms with E-state index >= 15 is 0 Å². The summed E-state index contributed by atoms with van der Waals surface area (Å²) >= 11 is 0. The predicted molar refractivity (Wildman–Crippen MR) is 59.7 cm³/mol. The van der Waals surface area contributed by atoms with Crippen molar-refractivity contribution in [2.45, 2.75) is 11.8 Å². The van der Waals surface area contributed by atoms with E-state index in [1.165, 1.54) is 17.0 Å². The molecule has 0 bridgehead atoms. The highest BCUT2D eigenvalue weighted by Crippen LogP contribution is 2.36. The molecule has 0 aromatic heterocycles. The van der Waals surface area contributed by atoms with Gasteiger partial charge in [0, 0.05) is 20.0 Å². The molecule has 0 radical (unpaired) electrons. The number of phenolic OH excluding ortho intramolecular Hbond substituents is 1. The molecule has 1 aromatic rings. The lowest BCUT2D eigenvalue weighted by Gasteiger charge is -2.23. The van der Waals surface area contributed by atoms with Crippen LogP contribution in [0.15, 0.2) is 24.3 Å². The van der Waals surface area contributed by atoms with E-state index < -0.39 is 11.4 Å². The standard InChI is InChI=1S/C12H13NO4/c1-13-7-12(11(16)17,6-10(13)15)8-3-2-4-9(14)5-8/h2-5,14H,6-7H2,1H3,(H,16,17). The van der Waals surface area contributed by atoms with Crippen molar-refractivity contribution < 1.29 is 19.8 Å². The minimum Gasteiger partial charge on any atom is -0.508 e. The molecule has 1 atom stereocenters. The number of aromatic hydroxyl groups is 1. The number of benzene rings is 1. The van der Waals surface area contributed by atoms with Crippen molar-refractivity contribution >= 4 is 11.9 Å². The number of hydrogen-bond donors (Lipinski definition) is 2. The molecule has 1 fully saturated rings. The van der Waals surface area contributed by atoms with Gasteiger partial charge in [-0.25, -0.2) is 0 Å². The molecule has 1 aromatic carbocycles. The van der Waals surface area contributed by atoms with Crippen molar-refractivity contribution in [3.63, 3.8) is 0 Å². The van der Waals surface area contributed by atoms with Crippen molar-refractivity contribution in [2.75, 3.05) is 13.6 Å². The second kappa shape index (κ2) is 3.76. The number of phenols is 1. The molecule has 17 heavy (non-hydrogen) atoms.